The van der Waals surface area contributed by atoms with Crippen LogP contribution in [-0.2, 0) is 17.8 Å². The van der Waals surface area contributed by atoms with Gasteiger partial charge in [-0.15, -0.1) is 0 Å². The first kappa shape index (κ1) is 12.1. The summed E-state index contributed by atoms with van der Waals surface area (Å²) >= 11 is 0. The van der Waals surface area contributed by atoms with Crippen LogP contribution in [-0.4, -0.2) is 5.91 Å². The predicted molar refractivity (Wildman–Crippen MR) is 67.0 cm³/mol. The Morgan fingerprint density at radius 1 is 1.17 bits per heavy atom. The van der Waals surface area contributed by atoms with Gasteiger partial charge in [-0.25, -0.2) is 0 Å². The van der Waals surface area contributed by atoms with Crippen molar-refractivity contribution in [1.82, 2.24) is 5.32 Å². The number of hydrogen-bond donors (Lipinski definition) is 1. The lowest BCUT2D eigenvalue weighted by Gasteiger charge is -2.04. The summed E-state index contributed by atoms with van der Waals surface area (Å²) in [4.78, 5) is 22.7. The van der Waals surface area contributed by atoms with E-state index in [1.807, 2.05) is 30.3 Å². The molecule has 4 heteroatoms. The molecule has 4 nitrogen and oxygen atoms in total. The fourth-order valence-corrected chi connectivity index (χ4v) is 1.55. The molecule has 1 heterocycles. The molecule has 1 N–H and O–H groups in total. The second-order valence-corrected chi connectivity index (χ2v) is 3.87. The van der Waals surface area contributed by atoms with Gasteiger partial charge in [0.15, 0.2) is 5.43 Å². The Balaban J connectivity index is 1.87. The van der Waals surface area contributed by atoms with Gasteiger partial charge in [-0.1, -0.05) is 30.3 Å². The molecular formula is C14H13NO3. The van der Waals surface area contributed by atoms with Crippen LogP contribution in [0.2, 0.25) is 0 Å². The highest BCUT2D eigenvalue weighted by Gasteiger charge is 2.03. The summed E-state index contributed by atoms with van der Waals surface area (Å²) < 4.78 is 5.09. The molecule has 0 aliphatic rings. The van der Waals surface area contributed by atoms with Gasteiger partial charge in [-0.2, -0.15) is 0 Å². The van der Waals surface area contributed by atoms with Crippen molar-refractivity contribution in [3.8, 4) is 0 Å². The molecule has 0 bridgehead atoms. The summed E-state index contributed by atoms with van der Waals surface area (Å²) in [6.07, 6.45) is 1.64. The SMILES string of the molecule is O=C(Cc1ccccc1)NCc1cc(=O)cco1. The summed E-state index contributed by atoms with van der Waals surface area (Å²) in [5, 5.41) is 2.70. The van der Waals surface area contributed by atoms with Crippen molar-refractivity contribution in [2.24, 2.45) is 0 Å². The average Bonchev–Trinajstić information content (AvgIpc) is 2.38. The smallest absolute Gasteiger partial charge is 0.224 e. The zero-order valence-electron chi connectivity index (χ0n) is 9.76. The molecule has 1 amide bonds. The lowest BCUT2D eigenvalue weighted by atomic mass is 10.1. The second-order valence-electron chi connectivity index (χ2n) is 3.87. The fourth-order valence-electron chi connectivity index (χ4n) is 1.55. The third kappa shape index (κ3) is 3.59. The van der Waals surface area contributed by atoms with Crippen LogP contribution in [0.5, 0.6) is 0 Å². The van der Waals surface area contributed by atoms with Gasteiger partial charge in [0, 0.05) is 12.1 Å². The maximum atomic E-state index is 11.6. The number of nitrogens with one attached hydrogen (secondary N) is 1. The van der Waals surface area contributed by atoms with Crippen molar-refractivity contribution in [1.29, 1.82) is 0 Å². The fraction of sp³-hybridized carbons (Fsp3) is 0.143. The van der Waals surface area contributed by atoms with Crippen LogP contribution in [0.4, 0.5) is 0 Å². The second kappa shape index (κ2) is 5.82. The molecule has 0 saturated carbocycles. The molecule has 1 aromatic carbocycles. The highest BCUT2D eigenvalue weighted by Crippen LogP contribution is 2.00. The molecule has 0 atom stereocenters. The van der Waals surface area contributed by atoms with Crippen LogP contribution < -0.4 is 10.7 Å². The monoisotopic (exact) mass is 243 g/mol. The van der Waals surface area contributed by atoms with Crippen molar-refractivity contribution < 1.29 is 9.21 Å². The van der Waals surface area contributed by atoms with E-state index in [4.69, 9.17) is 4.42 Å². The quantitative estimate of drug-likeness (QED) is 0.885. The van der Waals surface area contributed by atoms with E-state index < -0.39 is 0 Å². The Kier molecular flexibility index (Phi) is 3.91. The number of carbonyl (C=O) groups is 1. The van der Waals surface area contributed by atoms with E-state index in [9.17, 15) is 9.59 Å². The zero-order chi connectivity index (χ0) is 12.8. The molecule has 18 heavy (non-hydrogen) atoms. The molecule has 92 valence electrons. The summed E-state index contributed by atoms with van der Waals surface area (Å²) in [5.41, 5.74) is 0.818. The van der Waals surface area contributed by atoms with E-state index in [1.54, 1.807) is 0 Å². The van der Waals surface area contributed by atoms with Gasteiger partial charge in [0.1, 0.15) is 5.76 Å². The van der Waals surface area contributed by atoms with Crippen LogP contribution in [0.3, 0.4) is 0 Å². The Morgan fingerprint density at radius 2 is 1.94 bits per heavy atom. The molecule has 0 aliphatic carbocycles. The van der Waals surface area contributed by atoms with Gasteiger partial charge in [-0.3, -0.25) is 9.59 Å². The summed E-state index contributed by atoms with van der Waals surface area (Å²) in [6.45, 7) is 0.224. The topological polar surface area (TPSA) is 59.3 Å². The van der Waals surface area contributed by atoms with Crippen LogP contribution in [0.25, 0.3) is 0 Å². The first-order valence-corrected chi connectivity index (χ1v) is 5.62. The Hall–Kier alpha value is -2.36. The minimum atomic E-state index is -0.131. The number of carbonyl (C=O) groups excluding carboxylic acids is 1. The first-order chi connectivity index (χ1) is 8.74. The minimum absolute atomic E-state index is 0.104. The van der Waals surface area contributed by atoms with Crippen LogP contribution >= 0.6 is 0 Å². The lowest BCUT2D eigenvalue weighted by Crippen LogP contribution is -2.24. The van der Waals surface area contributed by atoms with Crippen LogP contribution in [0.1, 0.15) is 11.3 Å². The third-order valence-electron chi connectivity index (χ3n) is 2.42. The summed E-state index contributed by atoms with van der Waals surface area (Å²) in [5.74, 6) is 0.344. The Morgan fingerprint density at radius 3 is 2.67 bits per heavy atom. The van der Waals surface area contributed by atoms with Crippen molar-refractivity contribution >= 4 is 5.91 Å². The molecule has 0 aliphatic heterocycles. The van der Waals surface area contributed by atoms with E-state index in [1.165, 1.54) is 18.4 Å². The lowest BCUT2D eigenvalue weighted by molar-refractivity contribution is -0.120. The standard InChI is InChI=1S/C14H13NO3/c16-12-6-7-18-13(9-12)10-15-14(17)8-11-4-2-1-3-5-11/h1-7,9H,8,10H2,(H,15,17). The Bertz CT molecular complexity index is 575. The molecule has 0 saturated heterocycles. The third-order valence-corrected chi connectivity index (χ3v) is 2.42. The van der Waals surface area contributed by atoms with Crippen molar-refractivity contribution in [3.05, 3.63) is 70.3 Å². The number of amides is 1. The van der Waals surface area contributed by atoms with E-state index in [-0.39, 0.29) is 17.9 Å². The van der Waals surface area contributed by atoms with E-state index in [0.717, 1.165) is 5.56 Å². The van der Waals surface area contributed by atoms with Crippen molar-refractivity contribution in [3.63, 3.8) is 0 Å². The van der Waals surface area contributed by atoms with Crippen molar-refractivity contribution in [2.75, 3.05) is 0 Å². The van der Waals surface area contributed by atoms with Gasteiger partial charge in [-0.05, 0) is 5.56 Å². The maximum absolute atomic E-state index is 11.6. The van der Waals surface area contributed by atoms with Gasteiger partial charge < -0.3 is 9.73 Å². The number of benzene rings is 1. The Labute approximate surface area is 104 Å². The van der Waals surface area contributed by atoms with Gasteiger partial charge in [0.2, 0.25) is 5.91 Å². The van der Waals surface area contributed by atoms with Gasteiger partial charge in [0.05, 0.1) is 19.2 Å². The zero-order valence-corrected chi connectivity index (χ0v) is 9.76. The molecule has 1 aromatic heterocycles. The maximum Gasteiger partial charge on any atom is 0.224 e. The molecule has 0 unspecified atom stereocenters. The normalized spacial score (nSPS) is 10.0. The van der Waals surface area contributed by atoms with Gasteiger partial charge in [0.25, 0.3) is 0 Å². The highest BCUT2D eigenvalue weighted by atomic mass is 16.3. The minimum Gasteiger partial charge on any atom is -0.467 e. The predicted octanol–water partition coefficient (Wildman–Crippen LogP) is 1.50. The number of hydrogen-bond acceptors (Lipinski definition) is 3. The van der Waals surface area contributed by atoms with E-state index in [2.05, 4.69) is 5.32 Å². The largest absolute Gasteiger partial charge is 0.467 e. The molecular weight excluding hydrogens is 230 g/mol. The molecule has 0 fully saturated rings. The van der Waals surface area contributed by atoms with E-state index in [0.29, 0.717) is 12.2 Å². The molecule has 0 radical (unpaired) electrons. The summed E-state index contributed by atoms with van der Waals surface area (Å²) in [7, 11) is 0. The molecule has 2 aromatic rings. The molecule has 0 spiro atoms. The highest BCUT2D eigenvalue weighted by molar-refractivity contribution is 5.78. The summed E-state index contributed by atoms with van der Waals surface area (Å²) in [6, 6.07) is 12.2. The van der Waals surface area contributed by atoms with Crippen LogP contribution in [0.15, 0.2) is 57.9 Å². The first-order valence-electron chi connectivity index (χ1n) is 5.62. The average molecular weight is 243 g/mol. The molecule has 2 rings (SSSR count). The van der Waals surface area contributed by atoms with Crippen LogP contribution in [0, 0.1) is 0 Å². The van der Waals surface area contributed by atoms with E-state index >= 15 is 0 Å². The van der Waals surface area contributed by atoms with Gasteiger partial charge >= 0.3 is 0 Å². The number of rotatable bonds is 4. The van der Waals surface area contributed by atoms with Crippen molar-refractivity contribution in [2.45, 2.75) is 13.0 Å².